The van der Waals surface area contributed by atoms with E-state index < -0.39 is 0 Å². The summed E-state index contributed by atoms with van der Waals surface area (Å²) in [6, 6.07) is 0.322. The van der Waals surface area contributed by atoms with E-state index in [9.17, 15) is 4.79 Å². The normalized spacial score (nSPS) is 20.2. The molecule has 0 radical (unpaired) electrons. The van der Waals surface area contributed by atoms with Crippen molar-refractivity contribution in [1.29, 1.82) is 0 Å². The van der Waals surface area contributed by atoms with Crippen LogP contribution in [-0.2, 0) is 6.54 Å². The van der Waals surface area contributed by atoms with Crippen LogP contribution in [0, 0.1) is 6.92 Å². The third-order valence-corrected chi connectivity index (χ3v) is 3.62. The number of piperazine rings is 1. The maximum atomic E-state index is 12.5. The number of amides is 1. The summed E-state index contributed by atoms with van der Waals surface area (Å²) in [6.07, 6.45) is 0. The summed E-state index contributed by atoms with van der Waals surface area (Å²) in [6.45, 7) is 8.79. The monoisotopic (exact) mass is 270 g/mol. The van der Waals surface area contributed by atoms with Crippen molar-refractivity contribution in [2.75, 3.05) is 19.6 Å². The Morgan fingerprint density at radius 3 is 2.89 bits per heavy atom. The zero-order chi connectivity index (χ0) is 13.3. The maximum absolute atomic E-state index is 12.5. The fraction of sp³-hybridized carbons (Fsp3) is 0.667. The van der Waals surface area contributed by atoms with Gasteiger partial charge in [0, 0.05) is 32.2 Å². The molecule has 1 atom stereocenters. The molecule has 5 nitrogen and oxygen atoms in total. The van der Waals surface area contributed by atoms with Crippen molar-refractivity contribution in [3.63, 3.8) is 0 Å². The minimum absolute atomic E-state index is 0.00875. The topological polar surface area (TPSA) is 50.2 Å². The summed E-state index contributed by atoms with van der Waals surface area (Å²) in [5, 5.41) is 8.05. The Kier molecular flexibility index (Phi) is 3.92. The molecule has 0 aromatic carbocycles. The molecule has 6 heteroatoms. The van der Waals surface area contributed by atoms with Gasteiger partial charge in [0.15, 0.2) is 0 Å². The van der Waals surface area contributed by atoms with Crippen LogP contribution in [-0.4, -0.2) is 46.3 Å². The van der Waals surface area contributed by atoms with Gasteiger partial charge in [0.1, 0.15) is 5.15 Å². The van der Waals surface area contributed by atoms with E-state index in [0.717, 1.165) is 13.1 Å². The summed E-state index contributed by atoms with van der Waals surface area (Å²) in [5.74, 6) is -0.00875. The SMILES string of the molecule is CCn1nc(C)c(C(=O)N2CCN[C@H](C)C2)c1Cl. The smallest absolute Gasteiger partial charge is 0.258 e. The van der Waals surface area contributed by atoms with Crippen LogP contribution in [0.25, 0.3) is 0 Å². The van der Waals surface area contributed by atoms with Crippen LogP contribution in [0.4, 0.5) is 0 Å². The predicted molar refractivity (Wildman–Crippen MR) is 71.0 cm³/mol. The first-order chi connectivity index (χ1) is 8.54. The second-order valence-electron chi connectivity index (χ2n) is 4.67. The van der Waals surface area contributed by atoms with Crippen molar-refractivity contribution in [2.24, 2.45) is 0 Å². The lowest BCUT2D eigenvalue weighted by Gasteiger charge is -2.31. The van der Waals surface area contributed by atoms with Crippen LogP contribution in [0.2, 0.25) is 5.15 Å². The minimum Gasteiger partial charge on any atom is -0.336 e. The number of nitrogens with one attached hydrogen (secondary N) is 1. The molecule has 2 rings (SSSR count). The number of carbonyl (C=O) groups is 1. The van der Waals surface area contributed by atoms with Gasteiger partial charge in [-0.25, -0.2) is 0 Å². The molecule has 1 fully saturated rings. The van der Waals surface area contributed by atoms with Crippen molar-refractivity contribution < 1.29 is 4.79 Å². The standard InChI is InChI=1S/C12H19ClN4O/c1-4-17-11(13)10(9(3)15-17)12(18)16-6-5-14-8(2)7-16/h8,14H,4-7H2,1-3H3/t8-/m1/s1. The number of aromatic nitrogens is 2. The average molecular weight is 271 g/mol. The van der Waals surface area contributed by atoms with Crippen LogP contribution < -0.4 is 5.32 Å². The van der Waals surface area contributed by atoms with E-state index in [1.807, 2.05) is 18.7 Å². The highest BCUT2D eigenvalue weighted by Gasteiger charge is 2.27. The highest BCUT2D eigenvalue weighted by molar-refractivity contribution is 6.33. The zero-order valence-electron chi connectivity index (χ0n) is 11.0. The number of nitrogens with zero attached hydrogens (tertiary/aromatic N) is 3. The Morgan fingerprint density at radius 1 is 1.61 bits per heavy atom. The van der Waals surface area contributed by atoms with Crippen LogP contribution >= 0.6 is 11.6 Å². The first kappa shape index (κ1) is 13.4. The van der Waals surface area contributed by atoms with Crippen molar-refractivity contribution in [3.05, 3.63) is 16.4 Å². The number of hydrogen-bond acceptors (Lipinski definition) is 3. The number of aryl methyl sites for hydroxylation is 2. The van der Waals surface area contributed by atoms with Gasteiger partial charge in [-0.15, -0.1) is 0 Å². The average Bonchev–Trinajstić information content (AvgIpc) is 2.63. The summed E-state index contributed by atoms with van der Waals surface area (Å²) in [7, 11) is 0. The zero-order valence-corrected chi connectivity index (χ0v) is 11.8. The quantitative estimate of drug-likeness (QED) is 0.881. The van der Waals surface area contributed by atoms with Crippen LogP contribution in [0.5, 0.6) is 0 Å². The van der Waals surface area contributed by atoms with Crippen LogP contribution in [0.1, 0.15) is 29.9 Å². The van der Waals surface area contributed by atoms with Crippen LogP contribution in [0.3, 0.4) is 0 Å². The molecule has 2 heterocycles. The van der Waals surface area contributed by atoms with Gasteiger partial charge in [0.05, 0.1) is 11.3 Å². The van der Waals surface area contributed by atoms with Crippen molar-refractivity contribution in [3.8, 4) is 0 Å². The van der Waals surface area contributed by atoms with Crippen molar-refractivity contribution in [2.45, 2.75) is 33.4 Å². The molecule has 0 unspecified atom stereocenters. The van der Waals surface area contributed by atoms with E-state index in [0.29, 0.717) is 35.5 Å². The van der Waals surface area contributed by atoms with Gasteiger partial charge in [-0.2, -0.15) is 5.10 Å². The van der Waals surface area contributed by atoms with Gasteiger partial charge in [0.25, 0.3) is 5.91 Å². The first-order valence-electron chi connectivity index (χ1n) is 6.30. The molecule has 1 aliphatic heterocycles. The van der Waals surface area contributed by atoms with Gasteiger partial charge in [-0.05, 0) is 20.8 Å². The fourth-order valence-corrected chi connectivity index (χ4v) is 2.66. The van der Waals surface area contributed by atoms with E-state index in [4.69, 9.17) is 11.6 Å². The second-order valence-corrected chi connectivity index (χ2v) is 5.03. The Hall–Kier alpha value is -1.07. The second kappa shape index (κ2) is 5.28. The molecule has 1 aromatic rings. The van der Waals surface area contributed by atoms with Gasteiger partial charge < -0.3 is 10.2 Å². The van der Waals surface area contributed by atoms with Gasteiger partial charge >= 0.3 is 0 Å². The van der Waals surface area contributed by atoms with E-state index in [-0.39, 0.29) is 5.91 Å². The molecule has 1 N–H and O–H groups in total. The molecule has 100 valence electrons. The third kappa shape index (κ3) is 2.37. The van der Waals surface area contributed by atoms with Gasteiger partial charge in [0.2, 0.25) is 0 Å². The van der Waals surface area contributed by atoms with E-state index >= 15 is 0 Å². The number of hydrogen-bond donors (Lipinski definition) is 1. The molecule has 0 spiro atoms. The molecule has 1 amide bonds. The number of halogens is 1. The summed E-state index contributed by atoms with van der Waals surface area (Å²) in [4.78, 5) is 14.3. The molecule has 0 saturated carbocycles. The molecule has 1 aliphatic rings. The minimum atomic E-state index is -0.00875. The van der Waals surface area contributed by atoms with E-state index in [1.165, 1.54) is 0 Å². The Morgan fingerprint density at radius 2 is 2.33 bits per heavy atom. The van der Waals surface area contributed by atoms with Crippen molar-refractivity contribution in [1.82, 2.24) is 20.0 Å². The van der Waals surface area contributed by atoms with Crippen molar-refractivity contribution >= 4 is 17.5 Å². The molecular formula is C12H19ClN4O. The molecule has 0 bridgehead atoms. The third-order valence-electron chi connectivity index (χ3n) is 3.23. The highest BCUT2D eigenvalue weighted by atomic mass is 35.5. The lowest BCUT2D eigenvalue weighted by Crippen LogP contribution is -2.51. The van der Waals surface area contributed by atoms with Gasteiger partial charge in [-0.1, -0.05) is 11.6 Å². The van der Waals surface area contributed by atoms with Gasteiger partial charge in [-0.3, -0.25) is 9.48 Å². The highest BCUT2D eigenvalue weighted by Crippen LogP contribution is 2.22. The fourth-order valence-electron chi connectivity index (χ4n) is 2.28. The summed E-state index contributed by atoms with van der Waals surface area (Å²) < 4.78 is 1.66. The lowest BCUT2D eigenvalue weighted by atomic mass is 10.2. The maximum Gasteiger partial charge on any atom is 0.258 e. The molecule has 0 aliphatic carbocycles. The predicted octanol–water partition coefficient (Wildman–Crippen LogP) is 1.30. The first-order valence-corrected chi connectivity index (χ1v) is 6.68. The lowest BCUT2D eigenvalue weighted by molar-refractivity contribution is 0.0708. The van der Waals surface area contributed by atoms with E-state index in [1.54, 1.807) is 4.68 Å². The van der Waals surface area contributed by atoms with E-state index in [2.05, 4.69) is 17.3 Å². The summed E-state index contributed by atoms with van der Waals surface area (Å²) >= 11 is 6.22. The Bertz CT molecular complexity index is 457. The number of carbonyl (C=O) groups excluding carboxylic acids is 1. The Labute approximate surface area is 112 Å². The Balaban J connectivity index is 2.25. The number of rotatable bonds is 2. The molecule has 1 saturated heterocycles. The molecule has 18 heavy (non-hydrogen) atoms. The largest absolute Gasteiger partial charge is 0.336 e. The molecular weight excluding hydrogens is 252 g/mol. The summed E-state index contributed by atoms with van der Waals surface area (Å²) in [5.41, 5.74) is 1.26. The molecule has 1 aromatic heterocycles. The van der Waals surface area contributed by atoms with Crippen LogP contribution in [0.15, 0.2) is 0 Å².